The van der Waals surface area contributed by atoms with Crippen LogP contribution in [0, 0.1) is 5.41 Å². The van der Waals surface area contributed by atoms with E-state index < -0.39 is 0 Å². The molecule has 70 valence electrons. The summed E-state index contributed by atoms with van der Waals surface area (Å²) < 4.78 is 5.12. The maximum absolute atomic E-state index is 7.82. The second-order valence-corrected chi connectivity index (χ2v) is 3.30. The lowest BCUT2D eigenvalue weighted by Gasteiger charge is -2.00. The summed E-state index contributed by atoms with van der Waals surface area (Å²) in [5.74, 6) is 0.562. The van der Waals surface area contributed by atoms with Gasteiger partial charge in [-0.2, -0.15) is 0 Å². The quantitative estimate of drug-likeness (QED) is 0.750. The summed E-state index contributed by atoms with van der Waals surface area (Å²) >= 11 is 5.75. The van der Waals surface area contributed by atoms with Gasteiger partial charge in [-0.05, 0) is 24.3 Å². The Kier molecular flexibility index (Phi) is 2.37. The molecule has 0 saturated carbocycles. The fraction of sp³-hybridized carbons (Fsp3) is 0. The second-order valence-electron chi connectivity index (χ2n) is 2.86. The lowest BCUT2D eigenvalue weighted by atomic mass is 10.1. The van der Waals surface area contributed by atoms with Crippen molar-refractivity contribution in [1.82, 2.24) is 0 Å². The summed E-state index contributed by atoms with van der Waals surface area (Å²) in [5, 5.41) is 8.49. The number of furan rings is 1. The van der Waals surface area contributed by atoms with Crippen molar-refractivity contribution in [2.24, 2.45) is 0 Å². The number of hydrogen-bond donors (Lipinski definition) is 1. The van der Waals surface area contributed by atoms with E-state index in [9.17, 15) is 0 Å². The lowest BCUT2D eigenvalue weighted by molar-refractivity contribution is 0.557. The Labute approximate surface area is 86.6 Å². The van der Waals surface area contributed by atoms with E-state index in [4.69, 9.17) is 21.4 Å². The summed E-state index contributed by atoms with van der Waals surface area (Å²) in [4.78, 5) is 0. The molecule has 0 aliphatic rings. The molecule has 2 nitrogen and oxygen atoms in total. The first kappa shape index (κ1) is 9.03. The zero-order chi connectivity index (χ0) is 9.97. The second kappa shape index (κ2) is 3.68. The van der Waals surface area contributed by atoms with E-state index in [1.54, 1.807) is 42.7 Å². The number of nitrogens with one attached hydrogen (secondary N) is 1. The molecule has 1 heterocycles. The minimum absolute atomic E-state index is 0.367. The molecule has 0 aliphatic heterocycles. The molecule has 1 N–H and O–H groups in total. The molecule has 0 spiro atoms. The average molecular weight is 206 g/mol. The van der Waals surface area contributed by atoms with Crippen LogP contribution in [0.2, 0.25) is 5.02 Å². The van der Waals surface area contributed by atoms with E-state index in [-0.39, 0.29) is 0 Å². The minimum atomic E-state index is 0.367. The summed E-state index contributed by atoms with van der Waals surface area (Å²) in [7, 11) is 0. The third-order valence-corrected chi connectivity index (χ3v) is 2.15. The highest BCUT2D eigenvalue weighted by Gasteiger charge is 2.06. The standard InChI is InChI=1S/C11H8ClNO/c12-9-5-3-8(4-6-9)11(13)10-2-1-7-14-10/h1-7,13H. The minimum Gasteiger partial charge on any atom is -0.463 e. The van der Waals surface area contributed by atoms with Crippen molar-refractivity contribution in [3.63, 3.8) is 0 Å². The van der Waals surface area contributed by atoms with Gasteiger partial charge in [-0.1, -0.05) is 23.7 Å². The van der Waals surface area contributed by atoms with Gasteiger partial charge in [-0.25, -0.2) is 0 Å². The van der Waals surface area contributed by atoms with Gasteiger partial charge in [-0.3, -0.25) is 5.41 Å². The molecule has 2 aromatic rings. The highest BCUT2D eigenvalue weighted by molar-refractivity contribution is 6.30. The van der Waals surface area contributed by atoms with Crippen molar-refractivity contribution in [2.75, 3.05) is 0 Å². The molecular formula is C11H8ClNO. The third kappa shape index (κ3) is 1.70. The molecular weight excluding hydrogens is 198 g/mol. The summed E-state index contributed by atoms with van der Waals surface area (Å²) in [5.41, 5.74) is 1.16. The van der Waals surface area contributed by atoms with Crippen LogP contribution in [0.4, 0.5) is 0 Å². The largest absolute Gasteiger partial charge is 0.463 e. The van der Waals surface area contributed by atoms with E-state index in [0.29, 0.717) is 16.5 Å². The first-order valence-corrected chi connectivity index (χ1v) is 4.53. The highest BCUT2D eigenvalue weighted by atomic mass is 35.5. The molecule has 14 heavy (non-hydrogen) atoms. The third-order valence-electron chi connectivity index (χ3n) is 1.90. The van der Waals surface area contributed by atoms with Gasteiger partial charge in [0.05, 0.1) is 6.26 Å². The van der Waals surface area contributed by atoms with Gasteiger partial charge < -0.3 is 4.42 Å². The number of benzene rings is 1. The molecule has 1 aromatic heterocycles. The van der Waals surface area contributed by atoms with Crippen molar-refractivity contribution in [1.29, 1.82) is 5.41 Å². The highest BCUT2D eigenvalue weighted by Crippen LogP contribution is 2.13. The normalized spacial score (nSPS) is 10.1. The maximum Gasteiger partial charge on any atom is 0.152 e. The van der Waals surface area contributed by atoms with Gasteiger partial charge in [-0.15, -0.1) is 0 Å². The molecule has 0 atom stereocenters. The van der Waals surface area contributed by atoms with Crippen molar-refractivity contribution in [2.45, 2.75) is 0 Å². The Morgan fingerprint density at radius 1 is 1.14 bits per heavy atom. The van der Waals surface area contributed by atoms with Crippen LogP contribution in [0.5, 0.6) is 0 Å². The van der Waals surface area contributed by atoms with Crippen LogP contribution < -0.4 is 0 Å². The van der Waals surface area contributed by atoms with E-state index in [1.165, 1.54) is 0 Å². The Balaban J connectivity index is 2.33. The first-order valence-electron chi connectivity index (χ1n) is 4.16. The van der Waals surface area contributed by atoms with Crippen molar-refractivity contribution in [3.05, 3.63) is 59.0 Å². The first-order chi connectivity index (χ1) is 6.77. The van der Waals surface area contributed by atoms with Crippen molar-refractivity contribution < 1.29 is 4.42 Å². The van der Waals surface area contributed by atoms with E-state index in [2.05, 4.69) is 0 Å². The number of rotatable bonds is 2. The average Bonchev–Trinajstić information content (AvgIpc) is 2.71. The predicted molar refractivity (Wildman–Crippen MR) is 56.1 cm³/mol. The Bertz CT molecular complexity index is 431. The zero-order valence-electron chi connectivity index (χ0n) is 7.33. The molecule has 0 radical (unpaired) electrons. The maximum atomic E-state index is 7.82. The molecule has 0 bridgehead atoms. The molecule has 0 aliphatic carbocycles. The molecule has 0 saturated heterocycles. The van der Waals surface area contributed by atoms with Crippen LogP contribution in [0.25, 0.3) is 0 Å². The van der Waals surface area contributed by atoms with Crippen molar-refractivity contribution in [3.8, 4) is 0 Å². The smallest absolute Gasteiger partial charge is 0.152 e. The van der Waals surface area contributed by atoms with Crippen LogP contribution in [-0.2, 0) is 0 Å². The van der Waals surface area contributed by atoms with Crippen molar-refractivity contribution >= 4 is 17.3 Å². The van der Waals surface area contributed by atoms with Crippen LogP contribution in [0.3, 0.4) is 0 Å². The molecule has 0 unspecified atom stereocenters. The van der Waals surface area contributed by atoms with Gasteiger partial charge in [0.1, 0.15) is 5.71 Å². The molecule has 3 heteroatoms. The number of halogens is 1. The number of hydrogen-bond acceptors (Lipinski definition) is 2. The van der Waals surface area contributed by atoms with Gasteiger partial charge in [0, 0.05) is 10.6 Å². The van der Waals surface area contributed by atoms with Gasteiger partial charge in [0.25, 0.3) is 0 Å². The van der Waals surface area contributed by atoms with Crippen LogP contribution >= 0.6 is 11.6 Å². The Morgan fingerprint density at radius 3 is 2.43 bits per heavy atom. The monoisotopic (exact) mass is 205 g/mol. The fourth-order valence-corrected chi connectivity index (χ4v) is 1.31. The summed E-state index contributed by atoms with van der Waals surface area (Å²) in [6.45, 7) is 0. The Hall–Kier alpha value is -1.54. The van der Waals surface area contributed by atoms with Gasteiger partial charge in [0.2, 0.25) is 0 Å². The SMILES string of the molecule is N=C(c1ccc(Cl)cc1)c1ccco1. The van der Waals surface area contributed by atoms with E-state index >= 15 is 0 Å². The summed E-state index contributed by atoms with van der Waals surface area (Å²) in [6.07, 6.45) is 1.56. The molecule has 2 rings (SSSR count). The molecule has 0 fully saturated rings. The summed E-state index contributed by atoms with van der Waals surface area (Å²) in [6, 6.07) is 10.6. The van der Waals surface area contributed by atoms with Crippen LogP contribution in [-0.4, -0.2) is 5.71 Å². The van der Waals surface area contributed by atoms with E-state index in [0.717, 1.165) is 5.56 Å². The van der Waals surface area contributed by atoms with Gasteiger partial charge >= 0.3 is 0 Å². The predicted octanol–water partition coefficient (Wildman–Crippen LogP) is 3.35. The lowest BCUT2D eigenvalue weighted by Crippen LogP contribution is -1.98. The van der Waals surface area contributed by atoms with E-state index in [1.807, 2.05) is 0 Å². The Morgan fingerprint density at radius 2 is 1.86 bits per heavy atom. The van der Waals surface area contributed by atoms with Crippen LogP contribution in [0.1, 0.15) is 11.3 Å². The van der Waals surface area contributed by atoms with Crippen LogP contribution in [0.15, 0.2) is 47.1 Å². The molecule has 0 amide bonds. The fourth-order valence-electron chi connectivity index (χ4n) is 1.18. The zero-order valence-corrected chi connectivity index (χ0v) is 8.08. The molecule has 1 aromatic carbocycles. The van der Waals surface area contributed by atoms with Gasteiger partial charge in [0.15, 0.2) is 5.76 Å². The topological polar surface area (TPSA) is 37.0 Å².